The maximum absolute atomic E-state index is 13.1. The monoisotopic (exact) mass is 497 g/mol. The van der Waals surface area contributed by atoms with E-state index < -0.39 is 11.9 Å². The molecule has 6 rings (SSSR count). The van der Waals surface area contributed by atoms with Gasteiger partial charge in [0.05, 0.1) is 11.6 Å². The summed E-state index contributed by atoms with van der Waals surface area (Å²) in [5.74, 6) is 7.79. The largest absolute Gasteiger partial charge is 0.356 e. The lowest BCUT2D eigenvalue weighted by Gasteiger charge is -2.31. The third-order valence-corrected chi connectivity index (χ3v) is 7.47. The van der Waals surface area contributed by atoms with E-state index in [9.17, 15) is 14.4 Å². The third-order valence-electron chi connectivity index (χ3n) is 7.47. The molecule has 0 spiro atoms. The molecule has 1 N–H and O–H groups in total. The van der Waals surface area contributed by atoms with E-state index in [4.69, 9.17) is 4.98 Å². The van der Waals surface area contributed by atoms with Crippen LogP contribution >= 0.6 is 0 Å². The summed E-state index contributed by atoms with van der Waals surface area (Å²) in [6.07, 6.45) is 4.23. The van der Waals surface area contributed by atoms with Crippen molar-refractivity contribution in [2.24, 2.45) is 13.0 Å². The highest BCUT2D eigenvalue weighted by atomic mass is 16.2. The number of piperidine rings is 2. The number of hydrogen-bond donors (Lipinski definition) is 1. The molecule has 5 heterocycles. The average Bonchev–Trinajstić information content (AvgIpc) is 3.43. The van der Waals surface area contributed by atoms with Crippen LogP contribution in [-0.4, -0.2) is 61.5 Å². The van der Waals surface area contributed by atoms with Crippen LogP contribution in [0.15, 0.2) is 24.4 Å². The molecular weight excluding hydrogens is 470 g/mol. The first-order valence-electron chi connectivity index (χ1n) is 12.6. The molecule has 2 fully saturated rings. The van der Waals surface area contributed by atoms with Crippen LogP contribution < -0.4 is 10.2 Å². The molecule has 3 aliphatic heterocycles. The van der Waals surface area contributed by atoms with Gasteiger partial charge in [-0.2, -0.15) is 5.10 Å². The van der Waals surface area contributed by atoms with E-state index in [1.807, 2.05) is 32.3 Å². The maximum atomic E-state index is 13.1. The van der Waals surface area contributed by atoms with E-state index in [1.54, 1.807) is 15.6 Å². The van der Waals surface area contributed by atoms with Gasteiger partial charge in [-0.25, -0.2) is 9.97 Å². The smallest absolute Gasteiger partial charge is 0.255 e. The quantitative estimate of drug-likeness (QED) is 0.424. The second-order valence-corrected chi connectivity index (χ2v) is 9.86. The van der Waals surface area contributed by atoms with Crippen molar-refractivity contribution in [1.29, 1.82) is 0 Å². The summed E-state index contributed by atoms with van der Waals surface area (Å²) in [5.41, 5.74) is 3.11. The highest BCUT2D eigenvalue weighted by Crippen LogP contribution is 2.30. The van der Waals surface area contributed by atoms with Crippen molar-refractivity contribution in [3.63, 3.8) is 0 Å². The van der Waals surface area contributed by atoms with Gasteiger partial charge >= 0.3 is 0 Å². The molecule has 1 aromatic carbocycles. The van der Waals surface area contributed by atoms with Crippen LogP contribution in [0.3, 0.4) is 0 Å². The minimum absolute atomic E-state index is 0.177. The number of rotatable bonds is 2. The molecule has 1 atom stereocenters. The molecule has 188 valence electrons. The Kier molecular flexibility index (Phi) is 5.63. The first-order valence-corrected chi connectivity index (χ1v) is 12.6. The number of fused-ring (bicyclic) bond motifs is 2. The van der Waals surface area contributed by atoms with Crippen LogP contribution in [0, 0.1) is 24.7 Å². The van der Waals surface area contributed by atoms with Gasteiger partial charge in [-0.1, -0.05) is 17.9 Å². The lowest BCUT2D eigenvalue weighted by molar-refractivity contribution is -0.136. The normalized spacial score (nSPS) is 20.2. The first-order chi connectivity index (χ1) is 17.9. The number of anilines is 1. The Balaban J connectivity index is 1.17. The highest BCUT2D eigenvalue weighted by molar-refractivity contribution is 6.05. The third kappa shape index (κ3) is 4.10. The molecule has 0 aliphatic carbocycles. The van der Waals surface area contributed by atoms with Crippen LogP contribution in [0.1, 0.15) is 53.0 Å². The molecule has 0 bridgehead atoms. The number of aryl methyl sites for hydroxylation is 2. The van der Waals surface area contributed by atoms with Crippen molar-refractivity contribution in [2.75, 3.05) is 18.0 Å². The summed E-state index contributed by atoms with van der Waals surface area (Å²) in [7, 11) is 1.89. The molecule has 10 nitrogen and oxygen atoms in total. The topological polar surface area (TPSA) is 113 Å². The molecule has 0 saturated carbocycles. The number of imide groups is 1. The van der Waals surface area contributed by atoms with Gasteiger partial charge in [0, 0.05) is 50.1 Å². The summed E-state index contributed by atoms with van der Waals surface area (Å²) in [4.78, 5) is 50.0. The Hall–Kier alpha value is -4.26. The fourth-order valence-corrected chi connectivity index (χ4v) is 5.47. The maximum Gasteiger partial charge on any atom is 0.255 e. The zero-order valence-electron chi connectivity index (χ0n) is 20.8. The highest BCUT2D eigenvalue weighted by Gasteiger charge is 2.39. The zero-order chi connectivity index (χ0) is 25.7. The first kappa shape index (κ1) is 23.2. The standard InChI is InChI=1S/C27H27N7O3/c1-16-29-24-20(14-28-32(24)2)25(30-16)33-12-10-17(11-13-33)6-7-18-4-3-5-19-21(18)15-34(27(19)37)22-8-9-23(35)31-26(22)36/h3-5,14,17,22H,8-13,15H2,1-2H3,(H,31,35,36). The number of amides is 3. The molecule has 37 heavy (non-hydrogen) atoms. The fraction of sp³-hybridized carbons (Fsp3) is 0.407. The number of nitrogens with zero attached hydrogens (tertiary/aromatic N) is 6. The zero-order valence-corrected chi connectivity index (χ0v) is 20.8. The van der Waals surface area contributed by atoms with Crippen LogP contribution in [-0.2, 0) is 23.2 Å². The lowest BCUT2D eigenvalue weighted by Crippen LogP contribution is -2.52. The van der Waals surface area contributed by atoms with Crippen LogP contribution in [0.25, 0.3) is 11.0 Å². The van der Waals surface area contributed by atoms with Crippen molar-refractivity contribution in [2.45, 2.75) is 45.2 Å². The predicted molar refractivity (Wildman–Crippen MR) is 135 cm³/mol. The second-order valence-electron chi connectivity index (χ2n) is 9.86. The van der Waals surface area contributed by atoms with Gasteiger partial charge in [0.2, 0.25) is 11.8 Å². The number of benzene rings is 1. The van der Waals surface area contributed by atoms with Gasteiger partial charge in [-0.3, -0.25) is 24.4 Å². The number of carbonyl (C=O) groups excluding carboxylic acids is 3. The van der Waals surface area contributed by atoms with Crippen molar-refractivity contribution in [3.8, 4) is 11.8 Å². The minimum Gasteiger partial charge on any atom is -0.356 e. The number of carbonyl (C=O) groups is 3. The molecule has 3 aromatic rings. The molecule has 2 aromatic heterocycles. The summed E-state index contributed by atoms with van der Waals surface area (Å²) < 4.78 is 1.77. The molecule has 10 heteroatoms. The van der Waals surface area contributed by atoms with E-state index >= 15 is 0 Å². The summed E-state index contributed by atoms with van der Waals surface area (Å²) in [5, 5.41) is 7.66. The Morgan fingerprint density at radius 2 is 1.89 bits per heavy atom. The predicted octanol–water partition coefficient (Wildman–Crippen LogP) is 1.70. The minimum atomic E-state index is -0.626. The van der Waals surface area contributed by atoms with Crippen LogP contribution in [0.2, 0.25) is 0 Å². The SMILES string of the molecule is Cc1nc(N2CCC(C#Cc3cccc4c3CN(C3CCC(=O)NC3=O)C4=O)CC2)c2cnn(C)c2n1. The van der Waals surface area contributed by atoms with E-state index in [0.29, 0.717) is 18.5 Å². The second kappa shape index (κ2) is 9.00. The molecule has 3 aliphatic rings. The Morgan fingerprint density at radius 3 is 2.68 bits per heavy atom. The molecule has 2 saturated heterocycles. The van der Waals surface area contributed by atoms with Crippen LogP contribution in [0.5, 0.6) is 0 Å². The molecular formula is C27H27N7O3. The van der Waals surface area contributed by atoms with Gasteiger partial charge in [0.25, 0.3) is 5.91 Å². The summed E-state index contributed by atoms with van der Waals surface area (Å²) in [6.45, 7) is 3.92. The van der Waals surface area contributed by atoms with Crippen LogP contribution in [0.4, 0.5) is 5.82 Å². The summed E-state index contributed by atoms with van der Waals surface area (Å²) >= 11 is 0. The van der Waals surface area contributed by atoms with Gasteiger partial charge in [-0.05, 0) is 43.9 Å². The van der Waals surface area contributed by atoms with Gasteiger partial charge in [0.1, 0.15) is 17.7 Å². The Morgan fingerprint density at radius 1 is 1.08 bits per heavy atom. The van der Waals surface area contributed by atoms with E-state index in [-0.39, 0.29) is 24.2 Å². The van der Waals surface area contributed by atoms with E-state index in [0.717, 1.165) is 59.7 Å². The van der Waals surface area contributed by atoms with Gasteiger partial charge in [-0.15, -0.1) is 0 Å². The number of hydrogen-bond acceptors (Lipinski definition) is 7. The Bertz CT molecular complexity index is 1510. The number of nitrogens with one attached hydrogen (secondary N) is 1. The van der Waals surface area contributed by atoms with E-state index in [1.165, 1.54) is 0 Å². The average molecular weight is 498 g/mol. The molecule has 3 amide bonds. The van der Waals surface area contributed by atoms with Crippen molar-refractivity contribution in [1.82, 2.24) is 30.0 Å². The van der Waals surface area contributed by atoms with Crippen molar-refractivity contribution < 1.29 is 14.4 Å². The molecule has 0 radical (unpaired) electrons. The van der Waals surface area contributed by atoms with Crippen molar-refractivity contribution in [3.05, 3.63) is 46.9 Å². The van der Waals surface area contributed by atoms with Gasteiger partial charge in [0.15, 0.2) is 5.65 Å². The fourth-order valence-electron chi connectivity index (χ4n) is 5.47. The Labute approximate surface area is 214 Å². The number of aromatic nitrogens is 4. The van der Waals surface area contributed by atoms with E-state index in [2.05, 4.69) is 32.1 Å². The summed E-state index contributed by atoms with van der Waals surface area (Å²) in [6, 6.07) is 4.94. The van der Waals surface area contributed by atoms with Gasteiger partial charge < -0.3 is 9.80 Å². The molecule has 1 unspecified atom stereocenters. The lowest BCUT2D eigenvalue weighted by atomic mass is 9.96. The van der Waals surface area contributed by atoms with Crippen molar-refractivity contribution >= 4 is 34.6 Å².